The first-order chi connectivity index (χ1) is 16.3. The van der Waals surface area contributed by atoms with Crippen LogP contribution in [0.4, 0.5) is 5.69 Å². The summed E-state index contributed by atoms with van der Waals surface area (Å²) in [7, 11) is 0. The molecular formula is C25H28ClN5O3. The van der Waals surface area contributed by atoms with Gasteiger partial charge in [-0.2, -0.15) is 10.2 Å². The highest BCUT2D eigenvalue weighted by Crippen LogP contribution is 2.26. The predicted molar refractivity (Wildman–Crippen MR) is 131 cm³/mol. The van der Waals surface area contributed by atoms with E-state index >= 15 is 0 Å². The van der Waals surface area contributed by atoms with E-state index in [2.05, 4.69) is 20.9 Å². The molecule has 2 N–H and O–H groups in total. The number of aryl methyl sites for hydroxylation is 1. The molecule has 0 radical (unpaired) electrons. The SMILES string of the molecule is C/C(=N/NC(=O)c1ccc(Cn2nc(C)c(Cl)c2C)o1)c1ccc(NC(=O)C2CCCC2)cc1. The van der Waals surface area contributed by atoms with E-state index in [1.165, 1.54) is 0 Å². The molecule has 3 aromatic rings. The minimum Gasteiger partial charge on any atom is -0.454 e. The summed E-state index contributed by atoms with van der Waals surface area (Å²) in [6, 6.07) is 10.7. The number of furan rings is 1. The van der Waals surface area contributed by atoms with Crippen molar-refractivity contribution in [3.8, 4) is 0 Å². The minimum absolute atomic E-state index is 0.0849. The normalized spacial score (nSPS) is 14.4. The molecule has 0 saturated heterocycles. The van der Waals surface area contributed by atoms with Crippen molar-refractivity contribution in [1.29, 1.82) is 0 Å². The number of carbonyl (C=O) groups is 2. The third kappa shape index (κ3) is 5.39. The van der Waals surface area contributed by atoms with Crippen LogP contribution >= 0.6 is 11.6 Å². The van der Waals surface area contributed by atoms with E-state index in [0.29, 0.717) is 23.0 Å². The number of benzene rings is 1. The van der Waals surface area contributed by atoms with Gasteiger partial charge in [-0.25, -0.2) is 5.43 Å². The molecule has 2 aromatic heterocycles. The van der Waals surface area contributed by atoms with E-state index < -0.39 is 5.91 Å². The fourth-order valence-corrected chi connectivity index (χ4v) is 4.18. The van der Waals surface area contributed by atoms with Crippen LogP contribution in [0.25, 0.3) is 0 Å². The Hall–Kier alpha value is -3.39. The van der Waals surface area contributed by atoms with Crippen molar-refractivity contribution < 1.29 is 14.0 Å². The van der Waals surface area contributed by atoms with E-state index in [4.69, 9.17) is 16.0 Å². The van der Waals surface area contributed by atoms with Crippen molar-refractivity contribution in [3.63, 3.8) is 0 Å². The topological polar surface area (TPSA) is 102 Å². The maximum atomic E-state index is 12.5. The monoisotopic (exact) mass is 481 g/mol. The lowest BCUT2D eigenvalue weighted by atomic mass is 10.1. The maximum absolute atomic E-state index is 12.5. The largest absolute Gasteiger partial charge is 0.454 e. The molecule has 8 nitrogen and oxygen atoms in total. The Bertz CT molecular complexity index is 1220. The van der Waals surface area contributed by atoms with Crippen LogP contribution in [0, 0.1) is 19.8 Å². The lowest BCUT2D eigenvalue weighted by Gasteiger charge is -2.10. The van der Waals surface area contributed by atoms with E-state index in [9.17, 15) is 9.59 Å². The Morgan fingerprint density at radius 2 is 1.85 bits per heavy atom. The van der Waals surface area contributed by atoms with Crippen LogP contribution < -0.4 is 10.7 Å². The molecule has 1 fully saturated rings. The zero-order valence-electron chi connectivity index (χ0n) is 19.5. The Balaban J connectivity index is 1.33. The number of carbonyl (C=O) groups excluding carboxylic acids is 2. The van der Waals surface area contributed by atoms with Crippen LogP contribution in [0.15, 0.2) is 45.9 Å². The zero-order chi connectivity index (χ0) is 24.2. The zero-order valence-corrected chi connectivity index (χ0v) is 20.3. The molecule has 4 rings (SSSR count). The number of amides is 2. The summed E-state index contributed by atoms with van der Waals surface area (Å²) in [5, 5.41) is 12.2. The second kappa shape index (κ2) is 10.3. The van der Waals surface area contributed by atoms with Gasteiger partial charge in [-0.1, -0.05) is 36.6 Å². The Morgan fingerprint density at radius 3 is 2.50 bits per heavy atom. The van der Waals surface area contributed by atoms with E-state index in [1.54, 1.807) is 23.7 Å². The van der Waals surface area contributed by atoms with Gasteiger partial charge in [0.1, 0.15) is 5.76 Å². The summed E-state index contributed by atoms with van der Waals surface area (Å²) in [4.78, 5) is 24.8. The highest BCUT2D eigenvalue weighted by molar-refractivity contribution is 6.31. The van der Waals surface area contributed by atoms with E-state index in [0.717, 1.165) is 48.3 Å². The molecule has 0 unspecified atom stereocenters. The molecule has 2 amide bonds. The molecule has 0 bridgehead atoms. The van der Waals surface area contributed by atoms with Crippen LogP contribution in [0.2, 0.25) is 5.02 Å². The van der Waals surface area contributed by atoms with E-state index in [1.807, 2.05) is 38.1 Å². The van der Waals surface area contributed by atoms with Crippen molar-refractivity contribution in [2.24, 2.45) is 11.0 Å². The maximum Gasteiger partial charge on any atom is 0.307 e. The average Bonchev–Trinajstić information content (AvgIpc) is 3.58. The van der Waals surface area contributed by atoms with Gasteiger partial charge in [0.2, 0.25) is 5.91 Å². The summed E-state index contributed by atoms with van der Waals surface area (Å²) in [5.41, 5.74) is 6.33. The van der Waals surface area contributed by atoms with Gasteiger partial charge in [0, 0.05) is 11.6 Å². The average molecular weight is 482 g/mol. The highest BCUT2D eigenvalue weighted by atomic mass is 35.5. The number of halogens is 1. The van der Waals surface area contributed by atoms with Gasteiger partial charge in [-0.05, 0) is 63.4 Å². The fraction of sp³-hybridized carbons (Fsp3) is 0.360. The van der Waals surface area contributed by atoms with Crippen molar-refractivity contribution in [1.82, 2.24) is 15.2 Å². The second-order valence-electron chi connectivity index (χ2n) is 8.59. The summed E-state index contributed by atoms with van der Waals surface area (Å²) >= 11 is 6.19. The number of rotatable bonds is 7. The number of nitrogens with one attached hydrogen (secondary N) is 2. The minimum atomic E-state index is -0.447. The number of nitrogens with zero attached hydrogens (tertiary/aromatic N) is 3. The van der Waals surface area contributed by atoms with Gasteiger partial charge in [0.25, 0.3) is 0 Å². The highest BCUT2D eigenvalue weighted by Gasteiger charge is 2.22. The van der Waals surface area contributed by atoms with Crippen LogP contribution in [0.5, 0.6) is 0 Å². The smallest absolute Gasteiger partial charge is 0.307 e. The van der Waals surface area contributed by atoms with Gasteiger partial charge in [0.15, 0.2) is 5.76 Å². The molecule has 178 valence electrons. The van der Waals surface area contributed by atoms with E-state index in [-0.39, 0.29) is 17.6 Å². The van der Waals surface area contributed by atoms with Crippen LogP contribution in [0.1, 0.15) is 65.9 Å². The number of hydrogen-bond acceptors (Lipinski definition) is 5. The molecule has 1 aliphatic rings. The van der Waals surface area contributed by atoms with Gasteiger partial charge in [-0.3, -0.25) is 14.3 Å². The third-order valence-electron chi connectivity index (χ3n) is 6.11. The first kappa shape index (κ1) is 23.8. The Kier molecular flexibility index (Phi) is 7.17. The van der Waals surface area contributed by atoms with Crippen LogP contribution in [-0.4, -0.2) is 27.3 Å². The standard InChI is InChI=1S/C25H28ClN5O3/c1-15(18-8-10-20(11-9-18)27-24(32)19-6-4-5-7-19)28-29-25(33)22-13-12-21(34-22)14-31-17(3)23(26)16(2)30-31/h8-13,19H,4-7,14H2,1-3H3,(H,27,32)(H,29,33)/b28-15-. The summed E-state index contributed by atoms with van der Waals surface area (Å²) in [5.74, 6) is 0.498. The quantitative estimate of drug-likeness (QED) is 0.363. The van der Waals surface area contributed by atoms with Crippen molar-refractivity contribution in [2.75, 3.05) is 5.32 Å². The molecular weight excluding hydrogens is 454 g/mol. The van der Waals surface area contributed by atoms with Crippen LogP contribution in [-0.2, 0) is 11.3 Å². The third-order valence-corrected chi connectivity index (χ3v) is 6.65. The van der Waals surface area contributed by atoms with Gasteiger partial charge in [0.05, 0.1) is 28.7 Å². The molecule has 9 heteroatoms. The molecule has 1 saturated carbocycles. The predicted octanol–water partition coefficient (Wildman–Crippen LogP) is 5.08. The lowest BCUT2D eigenvalue weighted by Crippen LogP contribution is -2.20. The number of hydrazone groups is 1. The second-order valence-corrected chi connectivity index (χ2v) is 8.97. The first-order valence-corrected chi connectivity index (χ1v) is 11.7. The van der Waals surface area contributed by atoms with Crippen molar-refractivity contribution >= 4 is 34.8 Å². The molecule has 1 aliphatic carbocycles. The molecule has 1 aromatic carbocycles. The first-order valence-electron chi connectivity index (χ1n) is 11.4. The van der Waals surface area contributed by atoms with Crippen LogP contribution in [0.3, 0.4) is 0 Å². The van der Waals surface area contributed by atoms with Crippen molar-refractivity contribution in [2.45, 2.75) is 53.0 Å². The Labute approximate surface area is 203 Å². The van der Waals surface area contributed by atoms with Gasteiger partial charge < -0.3 is 9.73 Å². The summed E-state index contributed by atoms with van der Waals surface area (Å²) in [6.07, 6.45) is 4.17. The Morgan fingerprint density at radius 1 is 1.15 bits per heavy atom. The van der Waals surface area contributed by atoms with Crippen molar-refractivity contribution in [3.05, 3.63) is 69.9 Å². The molecule has 2 heterocycles. The molecule has 0 aliphatic heterocycles. The van der Waals surface area contributed by atoms with Gasteiger partial charge in [-0.15, -0.1) is 0 Å². The van der Waals surface area contributed by atoms with Gasteiger partial charge >= 0.3 is 5.91 Å². The number of anilines is 1. The number of aromatic nitrogens is 2. The summed E-state index contributed by atoms with van der Waals surface area (Å²) in [6.45, 7) is 5.89. The number of hydrogen-bond donors (Lipinski definition) is 2. The fourth-order valence-electron chi connectivity index (χ4n) is 4.04. The summed E-state index contributed by atoms with van der Waals surface area (Å²) < 4.78 is 7.40. The lowest BCUT2D eigenvalue weighted by molar-refractivity contribution is -0.119. The molecule has 0 atom stereocenters. The molecule has 34 heavy (non-hydrogen) atoms. The molecule has 0 spiro atoms.